The molecule has 1 unspecified atom stereocenters. The normalized spacial score (nSPS) is 13.2. The van der Waals surface area contributed by atoms with Gasteiger partial charge in [-0.05, 0) is 103 Å². The Labute approximate surface area is 392 Å². The molecule has 0 aromatic rings. The monoisotopic (exact) mass is 883 g/mol. The molecule has 0 aliphatic heterocycles. The van der Waals surface area contributed by atoms with E-state index in [4.69, 9.17) is 14.2 Å². The van der Waals surface area contributed by atoms with Gasteiger partial charge in [0.05, 0.1) is 0 Å². The quantitative estimate of drug-likeness (QED) is 0.0263. The second-order valence-corrected chi connectivity index (χ2v) is 16.0. The molecule has 0 rings (SSSR count). The maximum absolute atomic E-state index is 12.7. The summed E-state index contributed by atoms with van der Waals surface area (Å²) in [6.45, 7) is 6.23. The number of ether oxygens (including phenoxy) is 3. The van der Waals surface area contributed by atoms with Crippen LogP contribution >= 0.6 is 0 Å². The molecule has 0 fully saturated rings. The highest BCUT2D eigenvalue weighted by atomic mass is 16.6. The number of allylic oxidation sites excluding steroid dienone is 22. The number of carbonyl (C=O) groups excluding carboxylic acids is 3. The first-order chi connectivity index (χ1) is 31.5. The lowest BCUT2D eigenvalue weighted by atomic mass is 10.1. The minimum absolute atomic E-state index is 0.118. The minimum Gasteiger partial charge on any atom is -0.462 e. The van der Waals surface area contributed by atoms with Crippen LogP contribution < -0.4 is 0 Å². The van der Waals surface area contributed by atoms with Crippen molar-refractivity contribution in [2.45, 2.75) is 200 Å². The van der Waals surface area contributed by atoms with Crippen molar-refractivity contribution >= 4 is 17.9 Å². The van der Waals surface area contributed by atoms with Crippen molar-refractivity contribution in [2.24, 2.45) is 0 Å². The maximum Gasteiger partial charge on any atom is 0.306 e. The smallest absolute Gasteiger partial charge is 0.306 e. The van der Waals surface area contributed by atoms with Gasteiger partial charge in [0.2, 0.25) is 0 Å². The molecule has 0 aromatic heterocycles. The summed E-state index contributed by atoms with van der Waals surface area (Å²) >= 11 is 0. The van der Waals surface area contributed by atoms with Crippen molar-refractivity contribution in [3.8, 4) is 0 Å². The molecule has 0 aliphatic rings. The summed E-state index contributed by atoms with van der Waals surface area (Å²) in [4.78, 5) is 37.6. The van der Waals surface area contributed by atoms with Crippen molar-refractivity contribution in [1.82, 2.24) is 0 Å². The molecule has 6 nitrogen and oxygen atoms in total. The Balaban J connectivity index is 4.29. The first kappa shape index (κ1) is 59.5. The zero-order valence-corrected chi connectivity index (χ0v) is 40.7. The second-order valence-electron chi connectivity index (χ2n) is 16.0. The van der Waals surface area contributed by atoms with E-state index < -0.39 is 12.1 Å². The third-order valence-corrected chi connectivity index (χ3v) is 9.91. The summed E-state index contributed by atoms with van der Waals surface area (Å²) in [7, 11) is 0. The fraction of sp³-hybridized carbons (Fsp3) is 0.569. The molecule has 0 saturated heterocycles. The van der Waals surface area contributed by atoms with E-state index in [2.05, 4.69) is 142 Å². The highest BCUT2D eigenvalue weighted by Gasteiger charge is 2.19. The van der Waals surface area contributed by atoms with Crippen molar-refractivity contribution < 1.29 is 28.6 Å². The van der Waals surface area contributed by atoms with Gasteiger partial charge in [-0.2, -0.15) is 0 Å². The number of unbranched alkanes of at least 4 members (excludes halogenated alkanes) is 10. The molecule has 0 saturated carbocycles. The number of rotatable bonds is 43. The fourth-order valence-corrected chi connectivity index (χ4v) is 6.20. The zero-order chi connectivity index (χ0) is 46.5. The summed E-state index contributed by atoms with van der Waals surface area (Å²) < 4.78 is 16.6. The van der Waals surface area contributed by atoms with Gasteiger partial charge >= 0.3 is 17.9 Å². The van der Waals surface area contributed by atoms with E-state index in [1.807, 2.05) is 12.2 Å². The highest BCUT2D eigenvalue weighted by molar-refractivity contribution is 5.71. The Kier molecular flexibility index (Phi) is 47.6. The lowest BCUT2D eigenvalue weighted by Gasteiger charge is -2.18. The van der Waals surface area contributed by atoms with Crippen molar-refractivity contribution in [3.05, 3.63) is 134 Å². The van der Waals surface area contributed by atoms with E-state index in [0.29, 0.717) is 19.3 Å². The summed E-state index contributed by atoms with van der Waals surface area (Å²) in [6, 6.07) is 0. The Morgan fingerprint density at radius 2 is 0.641 bits per heavy atom. The van der Waals surface area contributed by atoms with E-state index in [1.54, 1.807) is 0 Å². The molecule has 0 radical (unpaired) electrons. The molecule has 0 heterocycles. The van der Waals surface area contributed by atoms with E-state index in [-0.39, 0.29) is 31.6 Å². The van der Waals surface area contributed by atoms with Gasteiger partial charge in [-0.1, -0.05) is 206 Å². The summed E-state index contributed by atoms with van der Waals surface area (Å²) in [5, 5.41) is 0. The van der Waals surface area contributed by atoms with Crippen molar-refractivity contribution in [3.63, 3.8) is 0 Å². The van der Waals surface area contributed by atoms with Crippen molar-refractivity contribution in [2.75, 3.05) is 13.2 Å². The Bertz CT molecular complexity index is 1430. The molecule has 0 N–H and O–H groups in total. The van der Waals surface area contributed by atoms with Gasteiger partial charge in [-0.25, -0.2) is 0 Å². The third kappa shape index (κ3) is 48.6. The van der Waals surface area contributed by atoms with Gasteiger partial charge in [0.25, 0.3) is 0 Å². The summed E-state index contributed by atoms with van der Waals surface area (Å²) in [5.41, 5.74) is 0. The highest BCUT2D eigenvalue weighted by Crippen LogP contribution is 2.11. The van der Waals surface area contributed by atoms with Crippen LogP contribution in [0.15, 0.2) is 134 Å². The molecule has 0 aromatic carbocycles. The van der Waals surface area contributed by atoms with E-state index in [1.165, 1.54) is 19.3 Å². The molecule has 0 bridgehead atoms. The van der Waals surface area contributed by atoms with Crippen LogP contribution in [0.3, 0.4) is 0 Å². The first-order valence-electron chi connectivity index (χ1n) is 25.2. The van der Waals surface area contributed by atoms with E-state index in [0.717, 1.165) is 128 Å². The predicted octanol–water partition coefficient (Wildman–Crippen LogP) is 16.7. The molecule has 64 heavy (non-hydrogen) atoms. The van der Waals surface area contributed by atoms with Crippen LogP contribution in [-0.2, 0) is 28.6 Å². The standard InChI is InChI=1S/C58H90O6/c1-4-7-10-13-16-18-20-22-23-24-25-26-27-28-29-30-31-32-33-34-35-37-38-40-42-45-48-51-57(60)63-54-55(53-62-56(59)50-47-44-15-12-9-6-3)64-58(61)52-49-46-43-41-39-36-21-19-17-14-11-8-5-2/h7-8,10-11,16-19,22-23,25-26,28-29,31-32,34-36,39,43,46,55H,4-6,9,12-15,20-21,24,27,30,33,37-38,40-42,44-45,47-54H2,1-3H3/b10-7-,11-8-,18-16-,19-17-,23-22-,26-25-,29-28-,32-31-,35-34-,39-36-,46-43-. The van der Waals surface area contributed by atoms with Gasteiger partial charge in [-0.15, -0.1) is 0 Å². The number of carbonyl (C=O) groups is 3. The van der Waals surface area contributed by atoms with Crippen LogP contribution in [0.2, 0.25) is 0 Å². The molecule has 0 amide bonds. The Morgan fingerprint density at radius 3 is 1.02 bits per heavy atom. The van der Waals surface area contributed by atoms with Crippen LogP contribution in [0.25, 0.3) is 0 Å². The fourth-order valence-electron chi connectivity index (χ4n) is 6.20. The second kappa shape index (κ2) is 51.2. The van der Waals surface area contributed by atoms with Crippen LogP contribution in [0.5, 0.6) is 0 Å². The minimum atomic E-state index is -0.824. The average Bonchev–Trinajstić information content (AvgIpc) is 3.29. The average molecular weight is 883 g/mol. The third-order valence-electron chi connectivity index (χ3n) is 9.91. The molecule has 358 valence electrons. The maximum atomic E-state index is 12.7. The van der Waals surface area contributed by atoms with Gasteiger partial charge in [0.1, 0.15) is 13.2 Å². The molecule has 0 aliphatic carbocycles. The van der Waals surface area contributed by atoms with Crippen LogP contribution in [0, 0.1) is 0 Å². The number of hydrogen-bond donors (Lipinski definition) is 0. The van der Waals surface area contributed by atoms with Gasteiger partial charge < -0.3 is 14.2 Å². The summed E-state index contributed by atoms with van der Waals surface area (Å²) in [6.07, 6.45) is 72.0. The predicted molar refractivity (Wildman–Crippen MR) is 274 cm³/mol. The van der Waals surface area contributed by atoms with Crippen molar-refractivity contribution in [1.29, 1.82) is 0 Å². The summed E-state index contributed by atoms with van der Waals surface area (Å²) in [5.74, 6) is -1.04. The van der Waals surface area contributed by atoms with Crippen LogP contribution in [0.4, 0.5) is 0 Å². The van der Waals surface area contributed by atoms with Gasteiger partial charge in [0.15, 0.2) is 6.10 Å². The number of hydrogen-bond acceptors (Lipinski definition) is 6. The number of esters is 3. The molecular weight excluding hydrogens is 793 g/mol. The molecule has 6 heteroatoms. The molecule has 1 atom stereocenters. The van der Waals surface area contributed by atoms with Crippen LogP contribution in [-0.4, -0.2) is 37.2 Å². The molecular formula is C58H90O6. The lowest BCUT2D eigenvalue weighted by Crippen LogP contribution is -2.30. The topological polar surface area (TPSA) is 78.9 Å². The van der Waals surface area contributed by atoms with Gasteiger partial charge in [-0.3, -0.25) is 14.4 Å². The first-order valence-corrected chi connectivity index (χ1v) is 25.2. The van der Waals surface area contributed by atoms with Crippen LogP contribution in [0.1, 0.15) is 194 Å². The van der Waals surface area contributed by atoms with E-state index >= 15 is 0 Å². The Morgan fingerprint density at radius 1 is 0.328 bits per heavy atom. The lowest BCUT2D eigenvalue weighted by molar-refractivity contribution is -0.166. The largest absolute Gasteiger partial charge is 0.462 e. The van der Waals surface area contributed by atoms with Gasteiger partial charge in [0, 0.05) is 19.3 Å². The SMILES string of the molecule is CC/C=C\C/C=C\C/C=C\C/C=C\C/C=C\C/C=C\C/C=C\CCCCCCCC(=O)OCC(COC(=O)CCCCCCCC)OC(=O)CC/C=C\C/C=C\C/C=C\C/C=C\CC. The Hall–Kier alpha value is -4.45. The molecule has 0 spiro atoms. The van der Waals surface area contributed by atoms with E-state index in [9.17, 15) is 14.4 Å². The zero-order valence-electron chi connectivity index (χ0n) is 40.7.